The first kappa shape index (κ1) is 18.5. The van der Waals surface area contributed by atoms with Crippen molar-refractivity contribution in [3.63, 3.8) is 0 Å². The van der Waals surface area contributed by atoms with E-state index in [9.17, 15) is 9.59 Å². The van der Waals surface area contributed by atoms with Gasteiger partial charge in [0.15, 0.2) is 6.61 Å². The molecule has 6 nitrogen and oxygen atoms in total. The fourth-order valence-corrected chi connectivity index (χ4v) is 2.39. The van der Waals surface area contributed by atoms with Crippen LogP contribution >= 0.6 is 0 Å². The quantitative estimate of drug-likeness (QED) is 0.759. The number of rotatable bonds is 8. The lowest BCUT2D eigenvalue weighted by molar-refractivity contribution is -0.120. The number of amides is 2. The number of hydrogen-bond donors (Lipinski definition) is 2. The molecule has 0 radical (unpaired) electrons. The molecule has 0 aliphatic carbocycles. The van der Waals surface area contributed by atoms with Crippen LogP contribution in [0.1, 0.15) is 12.0 Å². The number of aryl methyl sites for hydroxylation is 1. The molecule has 0 saturated heterocycles. The van der Waals surface area contributed by atoms with E-state index in [1.165, 1.54) is 4.90 Å². The number of likely N-dealkylation sites (N-methyl/N-ethyl adjacent to an activating group) is 1. The Morgan fingerprint density at radius 3 is 2.32 bits per heavy atom. The summed E-state index contributed by atoms with van der Waals surface area (Å²) >= 11 is 0. The fourth-order valence-electron chi connectivity index (χ4n) is 2.39. The summed E-state index contributed by atoms with van der Waals surface area (Å²) in [4.78, 5) is 24.7. The SMILES string of the molecule is CN(C(=O)[C@@H](N)CCc1ccccc1)c1ccc(OCC(N)=O)cc1. The minimum absolute atomic E-state index is 0.151. The van der Waals surface area contributed by atoms with Crippen molar-refractivity contribution in [2.45, 2.75) is 18.9 Å². The van der Waals surface area contributed by atoms with Crippen LogP contribution in [0.4, 0.5) is 5.69 Å². The van der Waals surface area contributed by atoms with Gasteiger partial charge in [0.2, 0.25) is 5.91 Å². The predicted octanol–water partition coefficient (Wildman–Crippen LogP) is 1.47. The lowest BCUT2D eigenvalue weighted by atomic mass is 10.0. The molecule has 2 aromatic carbocycles. The molecular formula is C19H23N3O3. The molecule has 2 aromatic rings. The Morgan fingerprint density at radius 2 is 1.72 bits per heavy atom. The number of carbonyl (C=O) groups excluding carboxylic acids is 2. The molecule has 0 aromatic heterocycles. The van der Waals surface area contributed by atoms with E-state index in [0.717, 1.165) is 12.0 Å². The lowest BCUT2D eigenvalue weighted by Crippen LogP contribution is -2.42. The zero-order valence-corrected chi connectivity index (χ0v) is 14.2. The molecule has 0 unspecified atom stereocenters. The average Bonchev–Trinajstić information content (AvgIpc) is 2.64. The van der Waals surface area contributed by atoms with Gasteiger partial charge in [-0.25, -0.2) is 0 Å². The molecule has 0 aliphatic rings. The second kappa shape index (κ2) is 8.84. The zero-order chi connectivity index (χ0) is 18.2. The van der Waals surface area contributed by atoms with Crippen molar-refractivity contribution >= 4 is 17.5 Å². The molecule has 2 amide bonds. The Balaban J connectivity index is 1.90. The standard InChI is InChI=1S/C19H23N3O3/c1-22(15-8-10-16(11-9-15)25-13-18(21)23)19(24)17(20)12-7-14-5-3-2-4-6-14/h2-6,8-11,17H,7,12-13,20H2,1H3,(H2,21,23)/t17-/m0/s1. The molecule has 0 saturated carbocycles. The molecule has 4 N–H and O–H groups in total. The smallest absolute Gasteiger partial charge is 0.255 e. The molecule has 2 rings (SSSR count). The number of hydrogen-bond acceptors (Lipinski definition) is 4. The number of nitrogens with zero attached hydrogens (tertiary/aromatic N) is 1. The topological polar surface area (TPSA) is 98.7 Å². The molecule has 6 heteroatoms. The van der Waals surface area contributed by atoms with Gasteiger partial charge in [0.25, 0.3) is 5.91 Å². The van der Waals surface area contributed by atoms with Gasteiger partial charge >= 0.3 is 0 Å². The zero-order valence-electron chi connectivity index (χ0n) is 14.2. The van der Waals surface area contributed by atoms with Gasteiger partial charge in [-0.15, -0.1) is 0 Å². The summed E-state index contributed by atoms with van der Waals surface area (Å²) < 4.78 is 5.19. The van der Waals surface area contributed by atoms with Crippen LogP contribution in [0.15, 0.2) is 54.6 Å². The van der Waals surface area contributed by atoms with Crippen LogP contribution in [0.25, 0.3) is 0 Å². The van der Waals surface area contributed by atoms with Crippen LogP contribution in [-0.2, 0) is 16.0 Å². The highest BCUT2D eigenvalue weighted by Crippen LogP contribution is 2.19. The lowest BCUT2D eigenvalue weighted by Gasteiger charge is -2.21. The normalized spacial score (nSPS) is 11.6. The Labute approximate surface area is 147 Å². The maximum absolute atomic E-state index is 12.5. The maximum Gasteiger partial charge on any atom is 0.255 e. The van der Waals surface area contributed by atoms with E-state index in [1.54, 1.807) is 31.3 Å². The molecule has 132 valence electrons. The Bertz CT molecular complexity index is 702. The van der Waals surface area contributed by atoms with Crippen LogP contribution in [0.5, 0.6) is 5.75 Å². The molecule has 0 fully saturated rings. The number of anilines is 1. The first-order valence-electron chi connectivity index (χ1n) is 8.05. The van der Waals surface area contributed by atoms with E-state index in [4.69, 9.17) is 16.2 Å². The predicted molar refractivity (Wildman–Crippen MR) is 97.3 cm³/mol. The summed E-state index contributed by atoms with van der Waals surface area (Å²) in [6.45, 7) is -0.182. The average molecular weight is 341 g/mol. The highest BCUT2D eigenvalue weighted by molar-refractivity contribution is 5.96. The van der Waals surface area contributed by atoms with Gasteiger partial charge in [0.05, 0.1) is 6.04 Å². The molecular weight excluding hydrogens is 318 g/mol. The Kier molecular flexibility index (Phi) is 6.54. The van der Waals surface area contributed by atoms with E-state index >= 15 is 0 Å². The van der Waals surface area contributed by atoms with E-state index in [0.29, 0.717) is 17.9 Å². The van der Waals surface area contributed by atoms with Crippen LogP contribution in [0.2, 0.25) is 0 Å². The highest BCUT2D eigenvalue weighted by Gasteiger charge is 2.19. The van der Waals surface area contributed by atoms with Crippen LogP contribution in [0.3, 0.4) is 0 Å². The first-order chi connectivity index (χ1) is 12.0. The van der Waals surface area contributed by atoms with E-state index in [1.807, 2.05) is 30.3 Å². The number of ether oxygens (including phenoxy) is 1. The molecule has 0 bridgehead atoms. The largest absolute Gasteiger partial charge is 0.484 e. The second-order valence-electron chi connectivity index (χ2n) is 5.78. The van der Waals surface area contributed by atoms with Gasteiger partial charge in [0, 0.05) is 12.7 Å². The van der Waals surface area contributed by atoms with Gasteiger partial charge in [0.1, 0.15) is 5.75 Å². The minimum atomic E-state index is -0.573. The third-order valence-electron chi connectivity index (χ3n) is 3.84. The summed E-state index contributed by atoms with van der Waals surface area (Å²) in [5, 5.41) is 0. The van der Waals surface area contributed by atoms with Crippen molar-refractivity contribution in [2.75, 3.05) is 18.6 Å². The van der Waals surface area contributed by atoms with Crippen LogP contribution < -0.4 is 21.1 Å². The van der Waals surface area contributed by atoms with Crippen molar-refractivity contribution in [1.29, 1.82) is 0 Å². The third-order valence-corrected chi connectivity index (χ3v) is 3.84. The van der Waals surface area contributed by atoms with Gasteiger partial charge < -0.3 is 21.1 Å². The second-order valence-corrected chi connectivity index (χ2v) is 5.78. The Morgan fingerprint density at radius 1 is 1.08 bits per heavy atom. The van der Waals surface area contributed by atoms with E-state index in [-0.39, 0.29) is 12.5 Å². The van der Waals surface area contributed by atoms with Crippen molar-refractivity contribution in [2.24, 2.45) is 11.5 Å². The molecule has 0 heterocycles. The van der Waals surface area contributed by atoms with Gasteiger partial charge in [-0.05, 0) is 42.7 Å². The van der Waals surface area contributed by atoms with E-state index < -0.39 is 11.9 Å². The summed E-state index contributed by atoms with van der Waals surface area (Å²) in [5.74, 6) is -0.181. The molecule has 25 heavy (non-hydrogen) atoms. The van der Waals surface area contributed by atoms with Gasteiger partial charge in [-0.1, -0.05) is 30.3 Å². The van der Waals surface area contributed by atoms with Crippen molar-refractivity contribution < 1.29 is 14.3 Å². The minimum Gasteiger partial charge on any atom is -0.484 e. The fraction of sp³-hybridized carbons (Fsp3) is 0.263. The molecule has 1 atom stereocenters. The summed E-state index contributed by atoms with van der Waals surface area (Å²) in [6, 6.07) is 16.2. The van der Waals surface area contributed by atoms with Crippen LogP contribution in [0, 0.1) is 0 Å². The summed E-state index contributed by atoms with van der Waals surface area (Å²) in [7, 11) is 1.68. The number of benzene rings is 2. The van der Waals surface area contributed by atoms with Crippen LogP contribution in [-0.4, -0.2) is 31.5 Å². The first-order valence-corrected chi connectivity index (χ1v) is 8.05. The Hall–Kier alpha value is -2.86. The number of carbonyl (C=O) groups is 2. The van der Waals surface area contributed by atoms with Crippen molar-refractivity contribution in [3.8, 4) is 5.75 Å². The monoisotopic (exact) mass is 341 g/mol. The summed E-state index contributed by atoms with van der Waals surface area (Å²) in [5.41, 5.74) is 12.9. The maximum atomic E-state index is 12.5. The van der Waals surface area contributed by atoms with Gasteiger partial charge in [-0.2, -0.15) is 0 Å². The molecule has 0 spiro atoms. The highest BCUT2D eigenvalue weighted by atomic mass is 16.5. The van der Waals surface area contributed by atoms with E-state index in [2.05, 4.69) is 0 Å². The van der Waals surface area contributed by atoms with Crippen molar-refractivity contribution in [3.05, 3.63) is 60.2 Å². The number of primary amides is 1. The molecule has 0 aliphatic heterocycles. The third kappa shape index (κ3) is 5.61. The van der Waals surface area contributed by atoms with Crippen molar-refractivity contribution in [1.82, 2.24) is 0 Å². The number of nitrogens with two attached hydrogens (primary N) is 2. The summed E-state index contributed by atoms with van der Waals surface area (Å²) in [6.07, 6.45) is 1.33. The van der Waals surface area contributed by atoms with Gasteiger partial charge in [-0.3, -0.25) is 9.59 Å².